The lowest BCUT2D eigenvalue weighted by atomic mass is 9.90. The summed E-state index contributed by atoms with van der Waals surface area (Å²) in [4.78, 5) is 0. The van der Waals surface area contributed by atoms with E-state index >= 15 is 0 Å². The maximum atomic E-state index is 5.97. The van der Waals surface area contributed by atoms with Gasteiger partial charge in [0.1, 0.15) is 0 Å². The van der Waals surface area contributed by atoms with Gasteiger partial charge in [-0.05, 0) is 34.6 Å². The van der Waals surface area contributed by atoms with Crippen LogP contribution in [0.2, 0.25) is 0 Å². The quantitative estimate of drug-likeness (QED) is 0.734. The van der Waals surface area contributed by atoms with Crippen molar-refractivity contribution in [3.8, 4) is 0 Å². The van der Waals surface area contributed by atoms with Gasteiger partial charge in [-0.25, -0.2) is 0 Å². The summed E-state index contributed by atoms with van der Waals surface area (Å²) in [6.45, 7) is 10.2. The highest BCUT2D eigenvalue weighted by molar-refractivity contribution is 5.19. The molecule has 1 aliphatic heterocycles. The Bertz CT molecular complexity index is 391. The van der Waals surface area contributed by atoms with E-state index in [-0.39, 0.29) is 17.5 Å². The molecule has 16 heavy (non-hydrogen) atoms. The lowest BCUT2D eigenvalue weighted by Gasteiger charge is -2.30. The largest absolute Gasteiger partial charge is 0.339 e. The molecule has 0 bridgehead atoms. The highest BCUT2D eigenvalue weighted by Gasteiger charge is 2.50. The van der Waals surface area contributed by atoms with E-state index in [9.17, 15) is 0 Å². The van der Waals surface area contributed by atoms with E-state index < -0.39 is 0 Å². The molecule has 2 rings (SSSR count). The standard InChI is InChI=1S/C12H20N2O2/c1-8-9(7-14(6)13-8)10-15-11(2,3)12(4,5)16-10/h7,10H,1-6H3. The number of rotatable bonds is 1. The van der Waals surface area contributed by atoms with Crippen LogP contribution in [0.5, 0.6) is 0 Å². The van der Waals surface area contributed by atoms with Gasteiger partial charge in [-0.2, -0.15) is 5.10 Å². The molecule has 1 aromatic heterocycles. The lowest BCUT2D eigenvalue weighted by molar-refractivity contribution is -0.0899. The summed E-state index contributed by atoms with van der Waals surface area (Å²) in [5.74, 6) is 0. The molecule has 90 valence electrons. The van der Waals surface area contributed by atoms with Crippen molar-refractivity contribution in [2.45, 2.75) is 52.1 Å². The van der Waals surface area contributed by atoms with Gasteiger partial charge in [-0.3, -0.25) is 4.68 Å². The molecule has 1 aromatic rings. The predicted molar refractivity (Wildman–Crippen MR) is 61.0 cm³/mol. The molecule has 4 heteroatoms. The van der Waals surface area contributed by atoms with Crippen LogP contribution in [-0.2, 0) is 16.5 Å². The van der Waals surface area contributed by atoms with Gasteiger partial charge in [0, 0.05) is 18.8 Å². The van der Waals surface area contributed by atoms with E-state index in [1.165, 1.54) is 0 Å². The lowest BCUT2D eigenvalue weighted by Crippen LogP contribution is -2.41. The Morgan fingerprint density at radius 1 is 1.19 bits per heavy atom. The minimum absolute atomic E-state index is 0.292. The van der Waals surface area contributed by atoms with Crippen molar-refractivity contribution >= 4 is 0 Å². The Balaban J connectivity index is 2.30. The number of ether oxygens (including phenoxy) is 2. The first kappa shape index (κ1) is 11.6. The highest BCUT2D eigenvalue weighted by Crippen LogP contribution is 2.45. The van der Waals surface area contributed by atoms with Gasteiger partial charge in [-0.15, -0.1) is 0 Å². The minimum atomic E-state index is -0.307. The van der Waals surface area contributed by atoms with Crippen molar-refractivity contribution < 1.29 is 9.47 Å². The van der Waals surface area contributed by atoms with Crippen LogP contribution in [0, 0.1) is 6.92 Å². The Hall–Kier alpha value is -0.870. The van der Waals surface area contributed by atoms with E-state index in [0.717, 1.165) is 11.3 Å². The molecule has 1 aliphatic rings. The summed E-state index contributed by atoms with van der Waals surface area (Å²) in [5, 5.41) is 4.31. The molecule has 1 saturated heterocycles. The third kappa shape index (κ3) is 1.66. The normalized spacial score (nSPS) is 23.9. The van der Waals surface area contributed by atoms with Gasteiger partial charge in [0.25, 0.3) is 0 Å². The fourth-order valence-corrected chi connectivity index (χ4v) is 1.82. The van der Waals surface area contributed by atoms with Crippen LogP contribution >= 0.6 is 0 Å². The Morgan fingerprint density at radius 3 is 2.06 bits per heavy atom. The molecule has 0 aromatic carbocycles. The zero-order chi connectivity index (χ0) is 12.1. The predicted octanol–water partition coefficient (Wildman–Crippen LogP) is 2.33. The number of aromatic nitrogens is 2. The third-order valence-corrected chi connectivity index (χ3v) is 3.56. The summed E-state index contributed by atoms with van der Waals surface area (Å²) in [6.07, 6.45) is 1.65. The van der Waals surface area contributed by atoms with Gasteiger partial charge in [0.15, 0.2) is 6.29 Å². The fraction of sp³-hybridized carbons (Fsp3) is 0.750. The summed E-state index contributed by atoms with van der Waals surface area (Å²) < 4.78 is 13.7. The summed E-state index contributed by atoms with van der Waals surface area (Å²) >= 11 is 0. The SMILES string of the molecule is Cc1nn(C)cc1C1OC(C)(C)C(C)(C)O1. The van der Waals surface area contributed by atoms with Crippen molar-refractivity contribution in [2.24, 2.45) is 7.05 Å². The molecule has 0 spiro atoms. The zero-order valence-corrected chi connectivity index (χ0v) is 10.9. The summed E-state index contributed by atoms with van der Waals surface area (Å²) in [5.41, 5.74) is 1.39. The van der Waals surface area contributed by atoms with E-state index in [0.29, 0.717) is 0 Å². The van der Waals surface area contributed by atoms with E-state index in [1.807, 2.05) is 20.2 Å². The summed E-state index contributed by atoms with van der Waals surface area (Å²) in [7, 11) is 1.90. The van der Waals surface area contributed by atoms with Gasteiger partial charge in [0.05, 0.1) is 16.9 Å². The minimum Gasteiger partial charge on any atom is -0.339 e. The van der Waals surface area contributed by atoms with Crippen molar-refractivity contribution in [2.75, 3.05) is 0 Å². The highest BCUT2D eigenvalue weighted by atomic mass is 16.7. The van der Waals surface area contributed by atoms with Gasteiger partial charge in [-0.1, -0.05) is 0 Å². The molecule has 0 N–H and O–H groups in total. The molecule has 4 nitrogen and oxygen atoms in total. The van der Waals surface area contributed by atoms with Crippen LogP contribution in [0.3, 0.4) is 0 Å². The van der Waals surface area contributed by atoms with Crippen molar-refractivity contribution in [1.29, 1.82) is 0 Å². The summed E-state index contributed by atoms with van der Waals surface area (Å²) in [6, 6.07) is 0. The van der Waals surface area contributed by atoms with Gasteiger partial charge < -0.3 is 9.47 Å². The van der Waals surface area contributed by atoms with E-state index in [1.54, 1.807) is 4.68 Å². The first-order valence-electron chi connectivity index (χ1n) is 5.59. The van der Waals surface area contributed by atoms with Crippen LogP contribution in [-0.4, -0.2) is 21.0 Å². The number of hydrogen-bond donors (Lipinski definition) is 0. The molecule has 0 aliphatic carbocycles. The first-order valence-corrected chi connectivity index (χ1v) is 5.59. The van der Waals surface area contributed by atoms with Crippen LogP contribution in [0.1, 0.15) is 45.2 Å². The van der Waals surface area contributed by atoms with Gasteiger partial charge in [0.2, 0.25) is 0 Å². The van der Waals surface area contributed by atoms with Crippen LogP contribution in [0.15, 0.2) is 6.20 Å². The number of aryl methyl sites for hydroxylation is 2. The molecule has 0 unspecified atom stereocenters. The maximum absolute atomic E-state index is 5.97. The monoisotopic (exact) mass is 224 g/mol. The molecule has 2 heterocycles. The Kier molecular flexibility index (Phi) is 2.40. The topological polar surface area (TPSA) is 36.3 Å². The van der Waals surface area contributed by atoms with Gasteiger partial charge >= 0.3 is 0 Å². The maximum Gasteiger partial charge on any atom is 0.188 e. The molecule has 0 atom stereocenters. The smallest absolute Gasteiger partial charge is 0.188 e. The van der Waals surface area contributed by atoms with Crippen molar-refractivity contribution in [3.05, 3.63) is 17.5 Å². The van der Waals surface area contributed by atoms with Crippen LogP contribution in [0.4, 0.5) is 0 Å². The molecule has 0 radical (unpaired) electrons. The molecule has 0 saturated carbocycles. The van der Waals surface area contributed by atoms with Crippen LogP contribution in [0.25, 0.3) is 0 Å². The second-order valence-corrected chi connectivity index (χ2v) is 5.43. The second-order valence-electron chi connectivity index (χ2n) is 5.43. The Labute approximate surface area is 96.5 Å². The molecular weight excluding hydrogens is 204 g/mol. The van der Waals surface area contributed by atoms with E-state index in [4.69, 9.17) is 9.47 Å². The van der Waals surface area contributed by atoms with Crippen LogP contribution < -0.4 is 0 Å². The number of hydrogen-bond acceptors (Lipinski definition) is 3. The number of nitrogens with zero attached hydrogens (tertiary/aromatic N) is 2. The molecule has 0 amide bonds. The second kappa shape index (κ2) is 3.31. The molecular formula is C12H20N2O2. The average molecular weight is 224 g/mol. The molecule has 1 fully saturated rings. The van der Waals surface area contributed by atoms with Crippen molar-refractivity contribution in [1.82, 2.24) is 9.78 Å². The van der Waals surface area contributed by atoms with Crippen molar-refractivity contribution in [3.63, 3.8) is 0 Å². The van der Waals surface area contributed by atoms with E-state index in [2.05, 4.69) is 32.8 Å². The average Bonchev–Trinajstić information content (AvgIpc) is 2.51. The Morgan fingerprint density at radius 2 is 1.69 bits per heavy atom. The fourth-order valence-electron chi connectivity index (χ4n) is 1.82. The third-order valence-electron chi connectivity index (χ3n) is 3.56. The first-order chi connectivity index (χ1) is 7.23. The zero-order valence-electron chi connectivity index (χ0n) is 10.9.